The molecule has 0 saturated carbocycles. The number of hydrogen-bond donors (Lipinski definition) is 0. The Labute approximate surface area is 112 Å². The monoisotopic (exact) mass is 246 g/mol. The lowest BCUT2D eigenvalue weighted by Gasteiger charge is -2.16. The molecule has 0 aromatic rings. The minimum absolute atomic E-state index is 0.112. The first-order valence-electron chi connectivity index (χ1n) is 6.99. The average molecular weight is 246 g/mol. The molecule has 0 bridgehead atoms. The Bertz CT molecular complexity index is 382. The molecule has 0 N–H and O–H groups in total. The number of allylic oxidation sites excluding steroid dienone is 6. The third-order valence-electron chi connectivity index (χ3n) is 3.77. The Morgan fingerprint density at radius 1 is 1.06 bits per heavy atom. The molecule has 0 heterocycles. The predicted octanol–water partition coefficient (Wildman–Crippen LogP) is 4.99. The molecule has 1 aliphatic carbocycles. The fraction of sp³-hybridized carbons (Fsp3) is 0.588. The van der Waals surface area contributed by atoms with Crippen LogP contribution in [0.15, 0.2) is 34.9 Å². The maximum absolute atomic E-state index is 11.7. The van der Waals surface area contributed by atoms with Gasteiger partial charge in [-0.05, 0) is 59.8 Å². The van der Waals surface area contributed by atoms with Crippen LogP contribution >= 0.6 is 0 Å². The number of hydrogen-bond acceptors (Lipinski definition) is 1. The van der Waals surface area contributed by atoms with Crippen LogP contribution in [0, 0.1) is 5.92 Å². The van der Waals surface area contributed by atoms with Gasteiger partial charge in [-0.25, -0.2) is 0 Å². The van der Waals surface area contributed by atoms with E-state index in [4.69, 9.17) is 0 Å². The van der Waals surface area contributed by atoms with Gasteiger partial charge in [0.1, 0.15) is 5.78 Å². The van der Waals surface area contributed by atoms with Crippen molar-refractivity contribution in [1.29, 1.82) is 0 Å². The molecule has 0 aromatic carbocycles. The molecular weight excluding hydrogens is 220 g/mol. The highest BCUT2D eigenvalue weighted by atomic mass is 16.1. The first-order valence-corrected chi connectivity index (χ1v) is 6.99. The van der Waals surface area contributed by atoms with Crippen molar-refractivity contribution in [3.8, 4) is 0 Å². The molecule has 0 fully saturated rings. The second-order valence-electron chi connectivity index (χ2n) is 5.53. The minimum Gasteiger partial charge on any atom is -0.299 e. The van der Waals surface area contributed by atoms with E-state index in [-0.39, 0.29) is 5.92 Å². The number of carbonyl (C=O) groups is 1. The van der Waals surface area contributed by atoms with E-state index in [1.54, 1.807) is 6.92 Å². The second-order valence-corrected chi connectivity index (χ2v) is 5.53. The molecule has 0 radical (unpaired) electrons. The summed E-state index contributed by atoms with van der Waals surface area (Å²) in [5.41, 5.74) is 4.06. The highest BCUT2D eigenvalue weighted by Gasteiger charge is 2.16. The van der Waals surface area contributed by atoms with E-state index < -0.39 is 0 Å². The van der Waals surface area contributed by atoms with E-state index in [0.29, 0.717) is 5.78 Å². The predicted molar refractivity (Wildman–Crippen MR) is 78.5 cm³/mol. The zero-order valence-corrected chi connectivity index (χ0v) is 12.3. The van der Waals surface area contributed by atoms with Crippen LogP contribution in [-0.4, -0.2) is 5.78 Å². The molecule has 1 heteroatoms. The molecule has 0 spiro atoms. The van der Waals surface area contributed by atoms with Gasteiger partial charge in [0.05, 0.1) is 0 Å². The molecule has 0 amide bonds. The summed E-state index contributed by atoms with van der Waals surface area (Å²) in [4.78, 5) is 11.7. The zero-order chi connectivity index (χ0) is 13.5. The van der Waals surface area contributed by atoms with Gasteiger partial charge in [-0.1, -0.05) is 34.9 Å². The Balaban J connectivity index is 2.90. The Kier molecular flexibility index (Phi) is 6.11. The summed E-state index contributed by atoms with van der Waals surface area (Å²) in [5.74, 6) is 0.413. The van der Waals surface area contributed by atoms with E-state index in [1.165, 1.54) is 16.7 Å². The molecule has 1 unspecified atom stereocenters. The third-order valence-corrected chi connectivity index (χ3v) is 3.77. The topological polar surface area (TPSA) is 17.1 Å². The zero-order valence-electron chi connectivity index (χ0n) is 12.3. The fourth-order valence-electron chi connectivity index (χ4n) is 2.43. The number of rotatable bonds is 1. The molecule has 1 nitrogen and oxygen atoms in total. The van der Waals surface area contributed by atoms with Crippen LogP contribution in [-0.2, 0) is 4.79 Å². The van der Waals surface area contributed by atoms with Gasteiger partial charge in [0.25, 0.3) is 0 Å². The van der Waals surface area contributed by atoms with E-state index in [1.807, 2.05) is 0 Å². The number of ketones is 1. The Morgan fingerprint density at radius 3 is 2.28 bits per heavy atom. The van der Waals surface area contributed by atoms with E-state index in [9.17, 15) is 4.79 Å². The maximum atomic E-state index is 11.7. The lowest BCUT2D eigenvalue weighted by atomic mass is 9.88. The van der Waals surface area contributed by atoms with Gasteiger partial charge in [0.15, 0.2) is 0 Å². The SMILES string of the molecule is CC(=O)C1CC/C(C)=C\CC/C=C(/C)C/C=C\1C. The van der Waals surface area contributed by atoms with Crippen molar-refractivity contribution in [2.75, 3.05) is 0 Å². The summed E-state index contributed by atoms with van der Waals surface area (Å²) < 4.78 is 0. The molecule has 1 atom stereocenters. The van der Waals surface area contributed by atoms with Gasteiger partial charge in [0, 0.05) is 5.92 Å². The van der Waals surface area contributed by atoms with Crippen LogP contribution in [0.4, 0.5) is 0 Å². The van der Waals surface area contributed by atoms with E-state index >= 15 is 0 Å². The molecule has 100 valence electrons. The van der Waals surface area contributed by atoms with Crippen molar-refractivity contribution in [3.63, 3.8) is 0 Å². The van der Waals surface area contributed by atoms with Crippen LogP contribution in [0.5, 0.6) is 0 Å². The fourth-order valence-corrected chi connectivity index (χ4v) is 2.43. The lowest BCUT2D eigenvalue weighted by Crippen LogP contribution is -2.12. The molecule has 1 aliphatic rings. The van der Waals surface area contributed by atoms with E-state index in [0.717, 1.165) is 32.1 Å². The number of carbonyl (C=O) groups excluding carboxylic acids is 1. The van der Waals surface area contributed by atoms with Crippen molar-refractivity contribution in [2.24, 2.45) is 5.92 Å². The smallest absolute Gasteiger partial charge is 0.136 e. The minimum atomic E-state index is 0.112. The quantitative estimate of drug-likeness (QED) is 0.595. The highest BCUT2D eigenvalue weighted by Crippen LogP contribution is 2.23. The molecular formula is C17H26O. The second kappa shape index (κ2) is 7.35. The van der Waals surface area contributed by atoms with Crippen molar-refractivity contribution >= 4 is 5.78 Å². The summed E-state index contributed by atoms with van der Waals surface area (Å²) in [6.07, 6.45) is 12.1. The molecule has 0 aromatic heterocycles. The van der Waals surface area contributed by atoms with Crippen LogP contribution in [0.25, 0.3) is 0 Å². The highest BCUT2D eigenvalue weighted by molar-refractivity contribution is 5.81. The van der Waals surface area contributed by atoms with Crippen molar-refractivity contribution in [2.45, 2.75) is 59.8 Å². The Morgan fingerprint density at radius 2 is 1.67 bits per heavy atom. The van der Waals surface area contributed by atoms with Gasteiger partial charge in [-0.3, -0.25) is 4.79 Å². The van der Waals surface area contributed by atoms with Crippen LogP contribution < -0.4 is 0 Å². The number of Topliss-reactive ketones (excluding diaryl/α,β-unsaturated/α-hetero) is 1. The molecule has 18 heavy (non-hydrogen) atoms. The van der Waals surface area contributed by atoms with E-state index in [2.05, 4.69) is 39.0 Å². The summed E-state index contributed by atoms with van der Waals surface area (Å²) >= 11 is 0. The summed E-state index contributed by atoms with van der Waals surface area (Å²) in [6.45, 7) is 8.17. The van der Waals surface area contributed by atoms with Crippen LogP contribution in [0.2, 0.25) is 0 Å². The van der Waals surface area contributed by atoms with Crippen LogP contribution in [0.3, 0.4) is 0 Å². The van der Waals surface area contributed by atoms with Crippen molar-refractivity contribution in [3.05, 3.63) is 34.9 Å². The van der Waals surface area contributed by atoms with Crippen molar-refractivity contribution < 1.29 is 4.79 Å². The molecule has 0 aliphatic heterocycles. The van der Waals surface area contributed by atoms with Gasteiger partial charge < -0.3 is 0 Å². The summed E-state index contributed by atoms with van der Waals surface area (Å²) in [7, 11) is 0. The van der Waals surface area contributed by atoms with Gasteiger partial charge in [0.2, 0.25) is 0 Å². The summed E-state index contributed by atoms with van der Waals surface area (Å²) in [5, 5.41) is 0. The first-order chi connectivity index (χ1) is 8.50. The average Bonchev–Trinajstić information content (AvgIpc) is 2.30. The molecule has 0 saturated heterocycles. The van der Waals surface area contributed by atoms with Crippen LogP contribution in [0.1, 0.15) is 59.8 Å². The third kappa shape index (κ3) is 5.03. The molecule has 1 rings (SSSR count). The normalized spacial score (nSPS) is 31.8. The lowest BCUT2D eigenvalue weighted by molar-refractivity contribution is -0.119. The maximum Gasteiger partial charge on any atom is 0.136 e. The Hall–Kier alpha value is -1.11. The van der Waals surface area contributed by atoms with Gasteiger partial charge >= 0.3 is 0 Å². The van der Waals surface area contributed by atoms with Gasteiger partial charge in [-0.15, -0.1) is 0 Å². The van der Waals surface area contributed by atoms with Crippen molar-refractivity contribution in [1.82, 2.24) is 0 Å². The van der Waals surface area contributed by atoms with Gasteiger partial charge in [-0.2, -0.15) is 0 Å². The first kappa shape index (κ1) is 14.9. The largest absolute Gasteiger partial charge is 0.299 e. The standard InChI is InChI=1S/C17H26O/c1-13-7-5-6-8-14(2)10-12-17(16(4)18)15(3)11-9-13/h7-8,11,17H,5-6,9-10,12H2,1-4H3/b13-7-,14-8-,15-11-. The summed E-state index contributed by atoms with van der Waals surface area (Å²) in [6, 6.07) is 0.